The molecule has 62 valence electrons. The molecule has 1 saturated carbocycles. The van der Waals surface area contributed by atoms with E-state index in [1.807, 2.05) is 6.08 Å². The van der Waals surface area contributed by atoms with E-state index in [-0.39, 0.29) is 6.04 Å². The Kier molecular flexibility index (Phi) is 2.52. The molecule has 0 aromatic carbocycles. The van der Waals surface area contributed by atoms with Gasteiger partial charge in [-0.15, -0.1) is 6.58 Å². The summed E-state index contributed by atoms with van der Waals surface area (Å²) in [5, 5.41) is 10.9. The van der Waals surface area contributed by atoms with E-state index in [1.165, 1.54) is 0 Å². The van der Waals surface area contributed by atoms with Crippen molar-refractivity contribution in [1.82, 2.24) is 5.32 Å². The van der Waals surface area contributed by atoms with E-state index in [0.717, 1.165) is 19.3 Å². The van der Waals surface area contributed by atoms with Gasteiger partial charge >= 0.3 is 6.09 Å². The second-order valence-corrected chi connectivity index (χ2v) is 2.89. The van der Waals surface area contributed by atoms with Crippen molar-refractivity contribution in [2.45, 2.75) is 25.3 Å². The Labute approximate surface area is 66.1 Å². The Morgan fingerprint density at radius 3 is 2.91 bits per heavy atom. The minimum absolute atomic E-state index is 0.102. The molecule has 0 aromatic heterocycles. The van der Waals surface area contributed by atoms with Crippen molar-refractivity contribution in [1.29, 1.82) is 0 Å². The quantitative estimate of drug-likeness (QED) is 0.595. The van der Waals surface area contributed by atoms with Crippen LogP contribution in [0.5, 0.6) is 0 Å². The number of rotatable bonds is 2. The SMILES string of the molecule is C=C[C@@H]1CCC[C@@H]1NC(=O)O. The van der Waals surface area contributed by atoms with Crippen molar-refractivity contribution in [3.8, 4) is 0 Å². The monoisotopic (exact) mass is 155 g/mol. The molecular weight excluding hydrogens is 142 g/mol. The van der Waals surface area contributed by atoms with Gasteiger partial charge in [-0.3, -0.25) is 0 Å². The molecule has 1 amide bonds. The second-order valence-electron chi connectivity index (χ2n) is 2.89. The average molecular weight is 155 g/mol. The summed E-state index contributed by atoms with van der Waals surface area (Å²) in [6.07, 6.45) is 4.02. The molecule has 0 heterocycles. The van der Waals surface area contributed by atoms with Gasteiger partial charge in [0, 0.05) is 6.04 Å². The minimum Gasteiger partial charge on any atom is -0.465 e. The number of carbonyl (C=O) groups is 1. The zero-order valence-electron chi connectivity index (χ0n) is 6.42. The molecule has 1 rings (SSSR count). The zero-order valence-corrected chi connectivity index (χ0v) is 6.42. The third kappa shape index (κ3) is 1.97. The Bertz CT molecular complexity index is 167. The maximum atomic E-state index is 10.3. The van der Waals surface area contributed by atoms with Crippen molar-refractivity contribution in [3.63, 3.8) is 0 Å². The van der Waals surface area contributed by atoms with Crippen LogP contribution >= 0.6 is 0 Å². The fraction of sp³-hybridized carbons (Fsp3) is 0.625. The van der Waals surface area contributed by atoms with Crippen molar-refractivity contribution in [2.24, 2.45) is 5.92 Å². The topological polar surface area (TPSA) is 49.3 Å². The summed E-state index contributed by atoms with van der Waals surface area (Å²) >= 11 is 0. The predicted molar refractivity (Wildman–Crippen MR) is 42.5 cm³/mol. The summed E-state index contributed by atoms with van der Waals surface area (Å²) in [7, 11) is 0. The molecule has 1 fully saturated rings. The Morgan fingerprint density at radius 1 is 1.64 bits per heavy atom. The molecule has 2 N–H and O–H groups in total. The van der Waals surface area contributed by atoms with E-state index in [1.54, 1.807) is 0 Å². The summed E-state index contributed by atoms with van der Waals surface area (Å²) in [5.41, 5.74) is 0. The molecule has 0 bridgehead atoms. The minimum atomic E-state index is -0.927. The molecule has 2 atom stereocenters. The van der Waals surface area contributed by atoms with E-state index in [2.05, 4.69) is 11.9 Å². The number of carboxylic acid groups (broad SMARTS) is 1. The van der Waals surface area contributed by atoms with Crippen molar-refractivity contribution in [3.05, 3.63) is 12.7 Å². The lowest BCUT2D eigenvalue weighted by atomic mass is 10.0. The molecule has 3 heteroatoms. The van der Waals surface area contributed by atoms with Gasteiger partial charge in [-0.25, -0.2) is 4.79 Å². The van der Waals surface area contributed by atoms with Crippen LogP contribution in [0.15, 0.2) is 12.7 Å². The zero-order chi connectivity index (χ0) is 8.27. The number of hydrogen-bond acceptors (Lipinski definition) is 1. The first kappa shape index (κ1) is 8.11. The molecule has 0 aromatic rings. The average Bonchev–Trinajstić information content (AvgIpc) is 2.34. The van der Waals surface area contributed by atoms with Crippen LogP contribution in [-0.2, 0) is 0 Å². The molecular formula is C8H13NO2. The van der Waals surface area contributed by atoms with E-state index < -0.39 is 6.09 Å². The predicted octanol–water partition coefficient (Wildman–Crippen LogP) is 1.61. The summed E-state index contributed by atoms with van der Waals surface area (Å²) in [6, 6.07) is 0.102. The van der Waals surface area contributed by atoms with Crippen LogP contribution in [0, 0.1) is 5.92 Å². The molecule has 11 heavy (non-hydrogen) atoms. The van der Waals surface area contributed by atoms with E-state index >= 15 is 0 Å². The van der Waals surface area contributed by atoms with Crippen LogP contribution in [0.2, 0.25) is 0 Å². The summed E-state index contributed by atoms with van der Waals surface area (Å²) < 4.78 is 0. The Hall–Kier alpha value is -0.990. The summed E-state index contributed by atoms with van der Waals surface area (Å²) in [6.45, 7) is 3.67. The standard InChI is InChI=1S/C8H13NO2/c1-2-6-4-3-5-7(6)9-8(10)11/h2,6-7,9H,1,3-5H2,(H,10,11)/t6-,7+/m1/s1. The largest absolute Gasteiger partial charge is 0.465 e. The van der Waals surface area contributed by atoms with E-state index in [4.69, 9.17) is 5.11 Å². The first-order chi connectivity index (χ1) is 5.24. The highest BCUT2D eigenvalue weighted by molar-refractivity contribution is 5.65. The number of hydrogen-bond donors (Lipinski definition) is 2. The van der Waals surface area contributed by atoms with Crippen LogP contribution in [0.4, 0.5) is 4.79 Å². The smallest absolute Gasteiger partial charge is 0.404 e. The lowest BCUT2D eigenvalue weighted by Gasteiger charge is -2.14. The Balaban J connectivity index is 2.43. The van der Waals surface area contributed by atoms with Gasteiger partial charge in [0.2, 0.25) is 0 Å². The fourth-order valence-corrected chi connectivity index (χ4v) is 1.61. The first-order valence-corrected chi connectivity index (χ1v) is 3.86. The van der Waals surface area contributed by atoms with Crippen molar-refractivity contribution in [2.75, 3.05) is 0 Å². The number of nitrogens with one attached hydrogen (secondary N) is 1. The van der Waals surface area contributed by atoms with Gasteiger partial charge < -0.3 is 10.4 Å². The van der Waals surface area contributed by atoms with E-state index in [0.29, 0.717) is 5.92 Å². The van der Waals surface area contributed by atoms with Gasteiger partial charge in [-0.05, 0) is 18.8 Å². The van der Waals surface area contributed by atoms with Gasteiger partial charge in [0.1, 0.15) is 0 Å². The summed E-state index contributed by atoms with van der Waals surface area (Å²) in [5.74, 6) is 0.339. The molecule has 1 aliphatic carbocycles. The molecule has 0 saturated heterocycles. The summed E-state index contributed by atoms with van der Waals surface area (Å²) in [4.78, 5) is 10.3. The van der Waals surface area contributed by atoms with Gasteiger partial charge in [0.25, 0.3) is 0 Å². The maximum Gasteiger partial charge on any atom is 0.404 e. The molecule has 0 unspecified atom stereocenters. The van der Waals surface area contributed by atoms with Crippen LogP contribution in [0.3, 0.4) is 0 Å². The van der Waals surface area contributed by atoms with Crippen LogP contribution < -0.4 is 5.32 Å². The first-order valence-electron chi connectivity index (χ1n) is 3.86. The number of amides is 1. The molecule has 3 nitrogen and oxygen atoms in total. The van der Waals surface area contributed by atoms with Gasteiger partial charge in [-0.1, -0.05) is 12.5 Å². The van der Waals surface area contributed by atoms with E-state index in [9.17, 15) is 4.79 Å². The highest BCUT2D eigenvalue weighted by atomic mass is 16.4. The third-order valence-electron chi connectivity index (χ3n) is 2.18. The van der Waals surface area contributed by atoms with Gasteiger partial charge in [0.05, 0.1) is 0 Å². The highest BCUT2D eigenvalue weighted by Crippen LogP contribution is 2.25. The lowest BCUT2D eigenvalue weighted by Crippen LogP contribution is -2.35. The van der Waals surface area contributed by atoms with Gasteiger partial charge in [0.15, 0.2) is 0 Å². The molecule has 0 aliphatic heterocycles. The third-order valence-corrected chi connectivity index (χ3v) is 2.18. The van der Waals surface area contributed by atoms with Crippen LogP contribution in [-0.4, -0.2) is 17.2 Å². The maximum absolute atomic E-state index is 10.3. The normalized spacial score (nSPS) is 29.8. The molecule has 1 aliphatic rings. The lowest BCUT2D eigenvalue weighted by molar-refractivity contribution is 0.188. The molecule has 0 radical (unpaired) electrons. The Morgan fingerprint density at radius 2 is 2.36 bits per heavy atom. The van der Waals surface area contributed by atoms with Crippen LogP contribution in [0.25, 0.3) is 0 Å². The molecule has 0 spiro atoms. The van der Waals surface area contributed by atoms with Crippen molar-refractivity contribution < 1.29 is 9.90 Å². The fourth-order valence-electron chi connectivity index (χ4n) is 1.61. The van der Waals surface area contributed by atoms with Crippen molar-refractivity contribution >= 4 is 6.09 Å². The highest BCUT2D eigenvalue weighted by Gasteiger charge is 2.25. The van der Waals surface area contributed by atoms with Crippen LogP contribution in [0.1, 0.15) is 19.3 Å². The second kappa shape index (κ2) is 3.42. The van der Waals surface area contributed by atoms with Gasteiger partial charge in [-0.2, -0.15) is 0 Å².